The van der Waals surface area contributed by atoms with Crippen LogP contribution in [-0.2, 0) is 38.4 Å². The zero-order chi connectivity index (χ0) is 44.9. The maximum absolute atomic E-state index is 10.6. The Balaban J connectivity index is 0.000000762. The number of benzene rings is 3. The first kappa shape index (κ1) is 54.5. The Hall–Kier alpha value is -4.51. The number of rotatable bonds is 22. The number of carboxylic acids is 3. The molecule has 3 rings (SSSR count). The molecule has 0 aromatic heterocycles. The first-order valence-electron chi connectivity index (χ1n) is 21.0. The molecule has 0 bridgehead atoms. The summed E-state index contributed by atoms with van der Waals surface area (Å²) < 4.78 is 0. The molecular formula is C48H72O10S. The summed E-state index contributed by atoms with van der Waals surface area (Å²) in [5.41, 5.74) is 7.66. The minimum absolute atomic E-state index is 0.0390. The lowest BCUT2D eigenvalue weighted by Crippen LogP contribution is -1.98. The summed E-state index contributed by atoms with van der Waals surface area (Å²) in [6.45, 7) is 13.1. The predicted molar refractivity (Wildman–Crippen MR) is 240 cm³/mol. The van der Waals surface area contributed by atoms with Crippen LogP contribution in [-0.4, -0.2) is 53.7 Å². The Morgan fingerprint density at radius 3 is 0.831 bits per heavy atom. The minimum atomic E-state index is -0.798. The molecule has 0 fully saturated rings. The van der Waals surface area contributed by atoms with Gasteiger partial charge in [0.2, 0.25) is 0 Å². The summed E-state index contributed by atoms with van der Waals surface area (Å²) >= 11 is 3.77. The van der Waals surface area contributed by atoms with Crippen molar-refractivity contribution in [1.82, 2.24) is 0 Å². The van der Waals surface area contributed by atoms with E-state index in [9.17, 15) is 34.5 Å². The Bertz CT molecular complexity index is 1490. The number of carbonyl (C=O) groups is 4. The van der Waals surface area contributed by atoms with Gasteiger partial charge < -0.3 is 30.6 Å². The average Bonchev–Trinajstić information content (AvgIpc) is 3.16. The summed E-state index contributed by atoms with van der Waals surface area (Å²) in [5.74, 6) is -1.51. The van der Waals surface area contributed by atoms with Crippen LogP contribution in [0.3, 0.4) is 0 Å². The molecule has 0 aliphatic carbocycles. The molecule has 0 spiro atoms. The van der Waals surface area contributed by atoms with Crippen molar-refractivity contribution in [2.75, 3.05) is 0 Å². The van der Waals surface area contributed by atoms with Gasteiger partial charge in [0.15, 0.2) is 5.12 Å². The number of aliphatic carboxylic acids is 3. The molecule has 0 aliphatic rings. The molecule has 0 saturated carbocycles. The second-order valence-corrected chi connectivity index (χ2v) is 15.9. The number of aromatic hydroxyl groups is 3. The molecule has 0 aliphatic heterocycles. The Labute approximate surface area is 358 Å². The topological polar surface area (TPSA) is 190 Å². The van der Waals surface area contributed by atoms with Crippen molar-refractivity contribution in [3.05, 3.63) is 86.5 Å². The van der Waals surface area contributed by atoms with E-state index in [1.807, 2.05) is 77.9 Å². The van der Waals surface area contributed by atoms with Crippen molar-refractivity contribution in [2.24, 2.45) is 0 Å². The normalized spacial score (nSPS) is 10.3. The third kappa shape index (κ3) is 27.0. The van der Waals surface area contributed by atoms with Crippen LogP contribution in [0.4, 0.5) is 0 Å². The van der Waals surface area contributed by atoms with Gasteiger partial charge in [-0.1, -0.05) is 114 Å². The van der Waals surface area contributed by atoms with Crippen LogP contribution in [0.5, 0.6) is 17.2 Å². The van der Waals surface area contributed by atoms with Crippen LogP contribution >= 0.6 is 12.6 Å². The highest BCUT2D eigenvalue weighted by Crippen LogP contribution is 2.25. The molecule has 3 aromatic carbocycles. The smallest absolute Gasteiger partial charge is 0.303 e. The lowest BCUT2D eigenvalue weighted by atomic mass is 10.0. The minimum Gasteiger partial charge on any atom is -0.507 e. The molecule has 0 saturated heterocycles. The van der Waals surface area contributed by atoms with E-state index in [1.165, 1.54) is 70.6 Å². The molecular weight excluding hydrogens is 769 g/mol. The van der Waals surface area contributed by atoms with Gasteiger partial charge in [-0.15, -0.1) is 12.6 Å². The standard InChI is InChI=1S/C15H30OS.3C11H14O3/c1-2-3-4-5-6-7-8-9-10-11-12-13-14-15(16)17;3*1-7-5-9(3-4-10(12)13)6-8(2)11(7)14/h2-14H2,1H3,(H,16,17);3*5-6,14H,3-4H2,1-2H3,(H,12,13). The Morgan fingerprint density at radius 1 is 0.407 bits per heavy atom. The molecule has 6 N–H and O–H groups in total. The van der Waals surface area contributed by atoms with Crippen LogP contribution in [0.25, 0.3) is 0 Å². The van der Waals surface area contributed by atoms with E-state index in [0.29, 0.717) is 42.9 Å². The largest absolute Gasteiger partial charge is 0.507 e. The van der Waals surface area contributed by atoms with E-state index >= 15 is 0 Å². The van der Waals surface area contributed by atoms with E-state index in [1.54, 1.807) is 0 Å². The first-order valence-corrected chi connectivity index (χ1v) is 21.5. The van der Waals surface area contributed by atoms with Crippen molar-refractivity contribution >= 4 is 35.7 Å². The van der Waals surface area contributed by atoms with Gasteiger partial charge in [-0.2, -0.15) is 0 Å². The van der Waals surface area contributed by atoms with Crippen molar-refractivity contribution in [3.63, 3.8) is 0 Å². The highest BCUT2D eigenvalue weighted by atomic mass is 32.1. The summed E-state index contributed by atoms with van der Waals surface area (Å²) in [5, 5.41) is 54.1. The monoisotopic (exact) mass is 840 g/mol. The van der Waals surface area contributed by atoms with Crippen LogP contribution in [0, 0.1) is 41.5 Å². The number of phenolic OH excluding ortho intramolecular Hbond substituents is 3. The highest BCUT2D eigenvalue weighted by molar-refractivity contribution is 7.96. The number of hydrogen-bond acceptors (Lipinski definition) is 7. The number of hydrogen-bond donors (Lipinski definition) is 7. The SMILES string of the molecule is CCCCCCCCCCCCCCC(=O)S.Cc1cc(CCC(=O)O)cc(C)c1O.Cc1cc(CCC(=O)O)cc(C)c1O.Cc1cc(CCC(=O)O)cc(C)c1O. The lowest BCUT2D eigenvalue weighted by Gasteiger charge is -2.06. The van der Waals surface area contributed by atoms with Gasteiger partial charge in [0.05, 0.1) is 0 Å². The van der Waals surface area contributed by atoms with E-state index in [-0.39, 0.29) is 24.4 Å². The van der Waals surface area contributed by atoms with Gasteiger partial charge in [-0.3, -0.25) is 19.2 Å². The molecule has 0 heterocycles. The van der Waals surface area contributed by atoms with E-state index in [0.717, 1.165) is 56.5 Å². The summed E-state index contributed by atoms with van der Waals surface area (Å²) in [4.78, 5) is 41.7. The predicted octanol–water partition coefficient (Wildman–Crippen LogP) is 11.6. The molecule has 3 aromatic rings. The van der Waals surface area contributed by atoms with E-state index in [4.69, 9.17) is 15.3 Å². The summed E-state index contributed by atoms with van der Waals surface area (Å²) in [7, 11) is 0. The fraction of sp³-hybridized carbons (Fsp3) is 0.542. The molecule has 0 unspecified atom stereocenters. The molecule has 330 valence electrons. The zero-order valence-electron chi connectivity index (χ0n) is 36.7. The number of aryl methyl sites for hydroxylation is 9. The van der Waals surface area contributed by atoms with E-state index < -0.39 is 17.9 Å². The Kier molecular flexibility index (Phi) is 29.0. The second-order valence-electron chi connectivity index (χ2n) is 15.4. The maximum atomic E-state index is 10.6. The average molecular weight is 841 g/mol. The van der Waals surface area contributed by atoms with Crippen LogP contribution < -0.4 is 0 Å². The third-order valence-corrected chi connectivity index (χ3v) is 10.0. The quantitative estimate of drug-likeness (QED) is 0.0379. The molecule has 11 heteroatoms. The number of carboxylic acid groups (broad SMARTS) is 3. The van der Waals surface area contributed by atoms with Gasteiger partial charge >= 0.3 is 17.9 Å². The lowest BCUT2D eigenvalue weighted by molar-refractivity contribution is -0.138. The van der Waals surface area contributed by atoms with Gasteiger partial charge in [-0.25, -0.2) is 0 Å². The molecule has 10 nitrogen and oxygen atoms in total. The number of carbonyl (C=O) groups excluding carboxylic acids is 1. The summed E-state index contributed by atoms with van der Waals surface area (Å²) in [6, 6.07) is 10.9. The molecule has 0 amide bonds. The number of thiol groups is 1. The van der Waals surface area contributed by atoms with E-state index in [2.05, 4.69) is 19.6 Å². The zero-order valence-corrected chi connectivity index (χ0v) is 37.6. The van der Waals surface area contributed by atoms with Crippen LogP contribution in [0.2, 0.25) is 0 Å². The van der Waals surface area contributed by atoms with Crippen molar-refractivity contribution < 1.29 is 49.8 Å². The fourth-order valence-electron chi connectivity index (χ4n) is 6.44. The molecule has 0 atom stereocenters. The van der Waals surface area contributed by atoms with Gasteiger partial charge in [0, 0.05) is 25.7 Å². The number of unbranched alkanes of at least 4 members (excludes halogenated alkanes) is 11. The highest BCUT2D eigenvalue weighted by Gasteiger charge is 2.07. The van der Waals surface area contributed by atoms with Crippen molar-refractivity contribution in [2.45, 2.75) is 170 Å². The maximum Gasteiger partial charge on any atom is 0.303 e. The van der Waals surface area contributed by atoms with Crippen molar-refractivity contribution in [1.29, 1.82) is 0 Å². The van der Waals surface area contributed by atoms with Gasteiger partial charge in [-0.05, 0) is 117 Å². The third-order valence-electron chi connectivity index (χ3n) is 9.78. The number of phenols is 3. The van der Waals surface area contributed by atoms with Crippen LogP contribution in [0.15, 0.2) is 36.4 Å². The second kappa shape index (κ2) is 31.4. The Morgan fingerprint density at radius 2 is 0.627 bits per heavy atom. The van der Waals surface area contributed by atoms with Crippen LogP contribution in [0.1, 0.15) is 160 Å². The van der Waals surface area contributed by atoms with Gasteiger partial charge in [0.1, 0.15) is 17.2 Å². The first-order chi connectivity index (χ1) is 27.8. The molecule has 59 heavy (non-hydrogen) atoms. The summed E-state index contributed by atoms with van der Waals surface area (Å²) in [6.07, 6.45) is 18.6. The fourth-order valence-corrected chi connectivity index (χ4v) is 6.60. The molecule has 0 radical (unpaired) electrons. The van der Waals surface area contributed by atoms with Gasteiger partial charge in [0.25, 0.3) is 0 Å². The van der Waals surface area contributed by atoms with Crippen molar-refractivity contribution in [3.8, 4) is 17.2 Å².